The Labute approximate surface area is 158 Å². The summed E-state index contributed by atoms with van der Waals surface area (Å²) in [6.07, 6.45) is 2.92. The van der Waals surface area contributed by atoms with Gasteiger partial charge >= 0.3 is 0 Å². The van der Waals surface area contributed by atoms with Crippen molar-refractivity contribution in [3.8, 4) is 11.3 Å². The molecule has 2 aromatic heterocycles. The molecule has 0 unspecified atom stereocenters. The molecule has 0 aliphatic carbocycles. The summed E-state index contributed by atoms with van der Waals surface area (Å²) < 4.78 is 5.50. The Bertz CT molecular complexity index is 904. The lowest BCUT2D eigenvalue weighted by molar-refractivity contribution is 0.235. The monoisotopic (exact) mass is 368 g/mol. The maximum Gasteiger partial charge on any atom is 0.167 e. The summed E-state index contributed by atoms with van der Waals surface area (Å²) in [6.45, 7) is 6.81. The summed E-state index contributed by atoms with van der Waals surface area (Å²) in [5.41, 5.74) is 4.30. The molecular weight excluding hydrogens is 348 g/mol. The zero-order chi connectivity index (χ0) is 18.1. The van der Waals surface area contributed by atoms with Gasteiger partial charge < -0.3 is 4.52 Å². The van der Waals surface area contributed by atoms with E-state index in [1.807, 2.05) is 36.5 Å². The second-order valence-corrected chi connectivity index (χ2v) is 7.44. The van der Waals surface area contributed by atoms with Crippen LogP contribution in [-0.4, -0.2) is 26.6 Å². The first-order chi connectivity index (χ1) is 12.6. The van der Waals surface area contributed by atoms with E-state index in [1.165, 1.54) is 11.3 Å². The third-order valence-electron chi connectivity index (χ3n) is 4.62. The molecule has 3 heterocycles. The fourth-order valence-corrected chi connectivity index (χ4v) is 3.29. The minimum absolute atomic E-state index is 0.361. The minimum atomic E-state index is 0.361. The van der Waals surface area contributed by atoms with Crippen molar-refractivity contribution in [1.29, 1.82) is 0 Å². The lowest BCUT2D eigenvalue weighted by atomic mass is 10.1. The van der Waals surface area contributed by atoms with Gasteiger partial charge in [0.05, 0.1) is 5.69 Å². The summed E-state index contributed by atoms with van der Waals surface area (Å²) in [4.78, 5) is 11.6. The van der Waals surface area contributed by atoms with Crippen molar-refractivity contribution in [3.63, 3.8) is 0 Å². The number of fused-ring (bicyclic) bond motifs is 1. The van der Waals surface area contributed by atoms with Gasteiger partial charge in [-0.25, -0.2) is 9.97 Å². The van der Waals surface area contributed by atoms with Crippen LogP contribution < -0.4 is 0 Å². The van der Waals surface area contributed by atoms with Crippen molar-refractivity contribution in [3.05, 3.63) is 64.3 Å². The van der Waals surface area contributed by atoms with E-state index < -0.39 is 0 Å². The van der Waals surface area contributed by atoms with E-state index >= 15 is 0 Å². The first kappa shape index (κ1) is 17.2. The molecule has 3 aromatic rings. The lowest BCUT2D eigenvalue weighted by Crippen LogP contribution is -2.31. The van der Waals surface area contributed by atoms with Crippen molar-refractivity contribution < 1.29 is 4.52 Å². The summed E-state index contributed by atoms with van der Waals surface area (Å²) in [7, 11) is 0. The Balaban J connectivity index is 1.45. The second kappa shape index (κ2) is 7.17. The molecule has 0 atom stereocenters. The van der Waals surface area contributed by atoms with E-state index in [9.17, 15) is 0 Å². The largest absolute Gasteiger partial charge is 0.356 e. The van der Waals surface area contributed by atoms with Crippen LogP contribution in [0.1, 0.15) is 42.5 Å². The topological polar surface area (TPSA) is 55.1 Å². The van der Waals surface area contributed by atoms with Crippen LogP contribution >= 0.6 is 11.6 Å². The van der Waals surface area contributed by atoms with Crippen molar-refractivity contribution in [2.45, 2.75) is 39.3 Å². The Kier molecular flexibility index (Phi) is 4.74. The molecule has 0 saturated heterocycles. The van der Waals surface area contributed by atoms with E-state index in [0.29, 0.717) is 10.9 Å². The van der Waals surface area contributed by atoms with Gasteiger partial charge in [-0.2, -0.15) is 0 Å². The number of nitrogens with zero attached hydrogens (tertiary/aromatic N) is 4. The highest BCUT2D eigenvalue weighted by atomic mass is 35.5. The fourth-order valence-electron chi connectivity index (χ4n) is 3.17. The molecule has 0 spiro atoms. The van der Waals surface area contributed by atoms with E-state index in [1.54, 1.807) is 0 Å². The molecule has 134 valence electrons. The minimum Gasteiger partial charge on any atom is -0.356 e. The molecule has 5 nitrogen and oxygen atoms in total. The maximum absolute atomic E-state index is 5.94. The molecule has 6 heteroatoms. The number of hydrogen-bond acceptors (Lipinski definition) is 5. The second-order valence-electron chi connectivity index (χ2n) is 7.00. The van der Waals surface area contributed by atoms with Gasteiger partial charge in [-0.1, -0.05) is 30.6 Å². The molecular formula is C20H21ClN4O. The molecule has 0 saturated carbocycles. The molecule has 4 rings (SSSR count). The third-order valence-corrected chi connectivity index (χ3v) is 4.87. The lowest BCUT2D eigenvalue weighted by Gasteiger charge is -2.27. The van der Waals surface area contributed by atoms with E-state index in [-0.39, 0.29) is 0 Å². The Morgan fingerprint density at radius 1 is 1.23 bits per heavy atom. The van der Waals surface area contributed by atoms with Crippen LogP contribution in [0.15, 0.2) is 41.1 Å². The predicted molar refractivity (Wildman–Crippen MR) is 101 cm³/mol. The fraction of sp³-hybridized carbons (Fsp3) is 0.350. The van der Waals surface area contributed by atoms with Gasteiger partial charge in [-0.3, -0.25) is 4.90 Å². The Morgan fingerprint density at radius 3 is 2.81 bits per heavy atom. The van der Waals surface area contributed by atoms with E-state index in [2.05, 4.69) is 28.9 Å². The molecule has 1 aliphatic rings. The number of hydrogen-bond donors (Lipinski definition) is 0. The maximum atomic E-state index is 5.94. The molecule has 1 aliphatic heterocycles. The summed E-state index contributed by atoms with van der Waals surface area (Å²) in [5, 5.41) is 4.93. The highest BCUT2D eigenvalue weighted by molar-refractivity contribution is 6.30. The van der Waals surface area contributed by atoms with Crippen LogP contribution in [0.3, 0.4) is 0 Å². The number of rotatable bonds is 4. The quantitative estimate of drug-likeness (QED) is 0.680. The molecule has 0 radical (unpaired) electrons. The van der Waals surface area contributed by atoms with Gasteiger partial charge in [0.2, 0.25) is 0 Å². The molecule has 26 heavy (non-hydrogen) atoms. The van der Waals surface area contributed by atoms with E-state index in [4.69, 9.17) is 21.1 Å². The van der Waals surface area contributed by atoms with Crippen LogP contribution in [-0.2, 0) is 19.5 Å². The van der Waals surface area contributed by atoms with Gasteiger partial charge in [0.15, 0.2) is 5.76 Å². The Hall–Kier alpha value is -2.24. The zero-order valence-corrected chi connectivity index (χ0v) is 15.7. The first-order valence-electron chi connectivity index (χ1n) is 8.87. The van der Waals surface area contributed by atoms with Crippen LogP contribution in [0, 0.1) is 0 Å². The van der Waals surface area contributed by atoms with Gasteiger partial charge in [0.25, 0.3) is 0 Å². The van der Waals surface area contributed by atoms with E-state index in [0.717, 1.165) is 48.9 Å². The van der Waals surface area contributed by atoms with Crippen LogP contribution in [0.25, 0.3) is 11.3 Å². The Morgan fingerprint density at radius 2 is 2.04 bits per heavy atom. The highest BCUT2D eigenvalue weighted by Crippen LogP contribution is 2.24. The molecule has 0 amide bonds. The van der Waals surface area contributed by atoms with Crippen LogP contribution in [0.5, 0.6) is 0 Å². The van der Waals surface area contributed by atoms with Gasteiger partial charge in [-0.05, 0) is 24.3 Å². The van der Waals surface area contributed by atoms with Crippen LogP contribution in [0.4, 0.5) is 0 Å². The molecule has 0 bridgehead atoms. The first-order valence-corrected chi connectivity index (χ1v) is 9.25. The molecule has 0 N–H and O–H groups in total. The average molecular weight is 369 g/mol. The predicted octanol–water partition coefficient (Wildman–Crippen LogP) is 4.47. The zero-order valence-electron chi connectivity index (χ0n) is 14.9. The summed E-state index contributed by atoms with van der Waals surface area (Å²) in [6, 6.07) is 9.58. The number of aromatic nitrogens is 3. The van der Waals surface area contributed by atoms with Gasteiger partial charge in [0, 0.05) is 66.1 Å². The van der Waals surface area contributed by atoms with Crippen molar-refractivity contribution in [2.75, 3.05) is 6.54 Å². The van der Waals surface area contributed by atoms with Crippen molar-refractivity contribution in [1.82, 2.24) is 20.0 Å². The normalized spacial score (nSPS) is 14.6. The van der Waals surface area contributed by atoms with Gasteiger partial charge in [-0.15, -0.1) is 0 Å². The highest BCUT2D eigenvalue weighted by Gasteiger charge is 2.20. The third kappa shape index (κ3) is 3.64. The van der Waals surface area contributed by atoms with Crippen LogP contribution in [0.2, 0.25) is 5.02 Å². The summed E-state index contributed by atoms with van der Waals surface area (Å²) >= 11 is 5.94. The SMILES string of the molecule is CC(C)c1ncc2c(n1)CCN(Cc1cc(-c3ccc(Cl)cc3)on1)C2. The molecule has 1 aromatic carbocycles. The molecule has 0 fully saturated rings. The van der Waals surface area contributed by atoms with Crippen molar-refractivity contribution >= 4 is 11.6 Å². The van der Waals surface area contributed by atoms with Gasteiger partial charge in [0.1, 0.15) is 5.82 Å². The smallest absolute Gasteiger partial charge is 0.167 e. The summed E-state index contributed by atoms with van der Waals surface area (Å²) in [5.74, 6) is 2.06. The number of halogens is 1. The standard InChI is InChI=1S/C20H21ClN4O/c1-13(2)20-22-10-15-11-25(8-7-18(15)23-20)12-17-9-19(26-24-17)14-3-5-16(21)6-4-14/h3-6,9-10,13H,7-8,11-12H2,1-2H3. The number of benzene rings is 1. The van der Waals surface area contributed by atoms with Crippen molar-refractivity contribution in [2.24, 2.45) is 0 Å². The average Bonchev–Trinajstić information content (AvgIpc) is 3.10.